The maximum absolute atomic E-state index is 10.5. The van der Waals surface area contributed by atoms with E-state index in [4.69, 9.17) is 23.8 Å². The molecule has 0 spiro atoms. The molecule has 108 valence electrons. The molecule has 1 aliphatic heterocycles. The lowest BCUT2D eigenvalue weighted by Crippen LogP contribution is -2.55. The molecule has 0 saturated carbocycles. The number of halogens is 1. The fraction of sp³-hybridized carbons (Fsp3) is 0.429. The van der Waals surface area contributed by atoms with Crippen molar-refractivity contribution in [1.82, 2.24) is 4.90 Å². The summed E-state index contributed by atoms with van der Waals surface area (Å²) in [5.74, 6) is 0. The Balaban J connectivity index is 2.39. The number of rotatable bonds is 2. The summed E-state index contributed by atoms with van der Waals surface area (Å²) >= 11 is 12.7. The number of nitrogens with zero attached hydrogens (tertiary/aromatic N) is 2. The van der Waals surface area contributed by atoms with Gasteiger partial charge >= 0.3 is 0 Å². The zero-order chi connectivity index (χ0) is 15.1. The average Bonchev–Trinajstić information content (AvgIpc) is 2.54. The number of thiocarbonyl (C=S) groups is 1. The van der Waals surface area contributed by atoms with Crippen LogP contribution in [0.4, 0.5) is 0 Å². The van der Waals surface area contributed by atoms with Gasteiger partial charge in [0.25, 0.3) is 4.87 Å². The van der Waals surface area contributed by atoms with Crippen LogP contribution in [0.15, 0.2) is 24.3 Å². The first kappa shape index (κ1) is 15.6. The minimum Gasteiger partial charge on any atom is -0.347 e. The first-order valence-corrected chi connectivity index (χ1v) is 7.84. The van der Waals surface area contributed by atoms with Crippen LogP contribution in [0.1, 0.15) is 26.3 Å². The highest BCUT2D eigenvalue weighted by Gasteiger charge is 2.62. The molecule has 0 aromatic heterocycles. The lowest BCUT2D eigenvalue weighted by Gasteiger charge is -2.34. The average molecular weight is 330 g/mol. The second-order valence-electron chi connectivity index (χ2n) is 5.49. The van der Waals surface area contributed by atoms with Gasteiger partial charge in [0.1, 0.15) is 9.86 Å². The summed E-state index contributed by atoms with van der Waals surface area (Å²) in [6, 6.07) is 7.33. The van der Waals surface area contributed by atoms with Crippen molar-refractivity contribution in [2.24, 2.45) is 0 Å². The molecule has 2 rings (SSSR count). The fourth-order valence-corrected chi connectivity index (χ4v) is 4.12. The Morgan fingerprint density at radius 2 is 1.85 bits per heavy atom. The molecule has 1 fully saturated rings. The summed E-state index contributed by atoms with van der Waals surface area (Å²) in [5.41, 5.74) is 0.585. The van der Waals surface area contributed by atoms with Crippen molar-refractivity contribution in [1.29, 1.82) is 0 Å². The Labute approximate surface area is 134 Å². The molecule has 0 radical (unpaired) electrons. The molecule has 0 bridgehead atoms. The standard InChI is InChI=1S/C14H18ClN2OS2/c1-13(2)14(3,20-12(19)16(13)4)17(18)9-10-5-7-11(15)8-6-10/h5-9,18H,1-4H3/q+1. The number of hydrogen-bond acceptors (Lipinski definition) is 3. The fourth-order valence-electron chi connectivity index (χ4n) is 2.04. The predicted molar refractivity (Wildman–Crippen MR) is 89.1 cm³/mol. The third-order valence-electron chi connectivity index (χ3n) is 4.11. The monoisotopic (exact) mass is 329 g/mol. The minimum atomic E-state index is -0.557. The van der Waals surface area contributed by atoms with Crippen LogP contribution in [0.3, 0.4) is 0 Å². The van der Waals surface area contributed by atoms with E-state index in [-0.39, 0.29) is 5.54 Å². The van der Waals surface area contributed by atoms with Crippen LogP contribution in [-0.4, -0.2) is 42.8 Å². The van der Waals surface area contributed by atoms with Crippen molar-refractivity contribution < 1.29 is 9.95 Å². The third-order valence-corrected chi connectivity index (χ3v) is 6.42. The van der Waals surface area contributed by atoms with E-state index in [1.54, 1.807) is 18.3 Å². The summed E-state index contributed by atoms with van der Waals surface area (Å²) < 4.78 is 2.03. The van der Waals surface area contributed by atoms with Gasteiger partial charge in [-0.05, 0) is 54.6 Å². The van der Waals surface area contributed by atoms with Gasteiger partial charge in [-0.2, -0.15) is 0 Å². The van der Waals surface area contributed by atoms with Crippen molar-refractivity contribution in [2.45, 2.75) is 31.2 Å². The van der Waals surface area contributed by atoms with Crippen molar-refractivity contribution in [2.75, 3.05) is 7.05 Å². The lowest BCUT2D eigenvalue weighted by molar-refractivity contribution is -0.809. The number of hydrogen-bond donors (Lipinski definition) is 1. The van der Waals surface area contributed by atoms with Gasteiger partial charge in [-0.25, -0.2) is 0 Å². The van der Waals surface area contributed by atoms with E-state index >= 15 is 0 Å². The number of benzene rings is 1. The van der Waals surface area contributed by atoms with Gasteiger partial charge in [-0.1, -0.05) is 23.8 Å². The van der Waals surface area contributed by atoms with Gasteiger partial charge in [0, 0.05) is 24.6 Å². The molecule has 1 atom stereocenters. The molecular weight excluding hydrogens is 312 g/mol. The van der Waals surface area contributed by atoms with Gasteiger partial charge in [-0.15, -0.1) is 0 Å². The van der Waals surface area contributed by atoms with Gasteiger partial charge < -0.3 is 4.90 Å². The highest BCUT2D eigenvalue weighted by Crippen LogP contribution is 2.47. The summed E-state index contributed by atoms with van der Waals surface area (Å²) in [4.78, 5) is 1.46. The van der Waals surface area contributed by atoms with E-state index in [9.17, 15) is 5.21 Å². The molecule has 1 N–H and O–H groups in total. The van der Waals surface area contributed by atoms with E-state index in [2.05, 4.69) is 13.8 Å². The highest BCUT2D eigenvalue weighted by atomic mass is 35.5. The lowest BCUT2D eigenvalue weighted by atomic mass is 9.94. The zero-order valence-electron chi connectivity index (χ0n) is 11.9. The smallest absolute Gasteiger partial charge is 0.282 e. The molecule has 1 aromatic carbocycles. The van der Waals surface area contributed by atoms with Crippen LogP contribution in [0.25, 0.3) is 0 Å². The molecule has 3 nitrogen and oxygen atoms in total. The van der Waals surface area contributed by atoms with E-state index in [1.807, 2.05) is 31.0 Å². The normalized spacial score (nSPS) is 26.1. The molecule has 0 amide bonds. The molecule has 1 unspecified atom stereocenters. The second-order valence-corrected chi connectivity index (χ2v) is 7.96. The predicted octanol–water partition coefficient (Wildman–Crippen LogP) is 3.62. The van der Waals surface area contributed by atoms with Crippen molar-refractivity contribution in [3.63, 3.8) is 0 Å². The highest BCUT2D eigenvalue weighted by molar-refractivity contribution is 8.24. The van der Waals surface area contributed by atoms with Crippen molar-refractivity contribution in [3.8, 4) is 0 Å². The SMILES string of the molecule is CN1C(=S)SC(C)([N+](O)=Cc2ccc(Cl)cc2)C1(C)C. The third kappa shape index (κ3) is 2.43. The Bertz CT molecular complexity index is 571. The molecule has 1 aliphatic rings. The maximum Gasteiger partial charge on any atom is 0.282 e. The van der Waals surface area contributed by atoms with Crippen molar-refractivity contribution in [3.05, 3.63) is 34.9 Å². The Morgan fingerprint density at radius 1 is 1.30 bits per heavy atom. The Hall–Kier alpha value is -0.780. The summed E-state index contributed by atoms with van der Waals surface area (Å²) in [7, 11) is 1.96. The van der Waals surface area contributed by atoms with Gasteiger partial charge in [-0.3, -0.25) is 5.21 Å². The van der Waals surface area contributed by atoms with Crippen LogP contribution in [-0.2, 0) is 0 Å². The summed E-state index contributed by atoms with van der Waals surface area (Å²) in [5, 5.41) is 11.2. The van der Waals surface area contributed by atoms with Crippen LogP contribution in [0.5, 0.6) is 0 Å². The van der Waals surface area contributed by atoms with E-state index in [1.165, 1.54) is 16.5 Å². The van der Waals surface area contributed by atoms with Crippen LogP contribution >= 0.6 is 35.6 Å². The maximum atomic E-state index is 10.5. The Kier molecular flexibility index (Phi) is 4.06. The second kappa shape index (κ2) is 5.20. The van der Waals surface area contributed by atoms with Crippen LogP contribution in [0.2, 0.25) is 5.02 Å². The molecule has 0 aliphatic carbocycles. The first-order valence-electron chi connectivity index (χ1n) is 6.24. The molecule has 20 heavy (non-hydrogen) atoms. The van der Waals surface area contributed by atoms with Crippen molar-refractivity contribution >= 4 is 46.1 Å². The van der Waals surface area contributed by atoms with Gasteiger partial charge in [0.05, 0.1) is 0 Å². The molecule has 1 heterocycles. The number of likely N-dealkylation sites (N-methyl/N-ethyl adjacent to an activating group) is 1. The van der Waals surface area contributed by atoms with Gasteiger partial charge in [0.2, 0.25) is 6.21 Å². The minimum absolute atomic E-state index is 0.299. The Morgan fingerprint density at radius 3 is 2.30 bits per heavy atom. The van der Waals surface area contributed by atoms with E-state index in [0.29, 0.717) is 5.02 Å². The van der Waals surface area contributed by atoms with E-state index in [0.717, 1.165) is 9.88 Å². The quantitative estimate of drug-likeness (QED) is 0.295. The zero-order valence-corrected chi connectivity index (χ0v) is 14.3. The van der Waals surface area contributed by atoms with E-state index < -0.39 is 4.87 Å². The molecular formula is C14H18ClN2OS2+. The van der Waals surface area contributed by atoms with Gasteiger partial charge in [0.15, 0.2) is 0 Å². The number of thioether (sulfide) groups is 1. The summed E-state index contributed by atoms with van der Waals surface area (Å²) in [6.45, 7) is 6.12. The molecule has 1 saturated heterocycles. The molecule has 1 aromatic rings. The van der Waals surface area contributed by atoms with Crippen LogP contribution < -0.4 is 0 Å². The first-order chi connectivity index (χ1) is 9.18. The largest absolute Gasteiger partial charge is 0.347 e. The summed E-state index contributed by atoms with van der Waals surface area (Å²) in [6.07, 6.45) is 1.70. The number of hydroxylamine groups is 1. The van der Waals surface area contributed by atoms with Crippen LogP contribution in [0, 0.1) is 0 Å². The topological polar surface area (TPSA) is 26.5 Å². The molecule has 6 heteroatoms.